The van der Waals surface area contributed by atoms with Gasteiger partial charge in [0, 0.05) is 0 Å². The zero-order valence-corrected chi connectivity index (χ0v) is 10.0. The van der Waals surface area contributed by atoms with E-state index in [9.17, 15) is 13.2 Å². The smallest absolute Gasteiger partial charge is 0.308 e. The summed E-state index contributed by atoms with van der Waals surface area (Å²) in [7, 11) is 0. The molecule has 92 valence electrons. The van der Waals surface area contributed by atoms with Gasteiger partial charge >= 0.3 is 6.18 Å². The van der Waals surface area contributed by atoms with Crippen LogP contribution in [0.15, 0.2) is 0 Å². The van der Waals surface area contributed by atoms with E-state index in [1.54, 1.807) is 0 Å². The molecule has 0 aliphatic carbocycles. The second-order valence-electron chi connectivity index (χ2n) is 5.45. The van der Waals surface area contributed by atoms with Crippen LogP contribution in [0.4, 0.5) is 13.2 Å². The molecule has 0 radical (unpaired) electrons. The summed E-state index contributed by atoms with van der Waals surface area (Å²) in [6.45, 7) is 7.96. The third-order valence-electron chi connectivity index (χ3n) is 2.21. The van der Waals surface area contributed by atoms with Crippen molar-refractivity contribution in [1.29, 1.82) is 0 Å². The molecule has 4 heteroatoms. The highest BCUT2D eigenvalue weighted by Gasteiger charge is 2.26. The summed E-state index contributed by atoms with van der Waals surface area (Å²) >= 11 is 0. The molecule has 1 N–H and O–H groups in total. The molecule has 0 aromatic carbocycles. The lowest BCUT2D eigenvalue weighted by Crippen LogP contribution is -2.32. The lowest BCUT2D eigenvalue weighted by atomic mass is 9.87. The second-order valence-corrected chi connectivity index (χ2v) is 5.45. The minimum atomic E-state index is -4.09. The molecule has 0 spiro atoms. The number of rotatable bonds is 5. The molecule has 0 heterocycles. The first-order valence-electron chi connectivity index (χ1n) is 5.38. The summed E-state index contributed by atoms with van der Waals surface area (Å²) in [5.74, 6) is 0.298. The van der Waals surface area contributed by atoms with Crippen molar-refractivity contribution in [2.75, 3.05) is 13.1 Å². The van der Waals surface area contributed by atoms with Crippen molar-refractivity contribution in [3.05, 3.63) is 0 Å². The quantitative estimate of drug-likeness (QED) is 0.753. The van der Waals surface area contributed by atoms with Crippen LogP contribution in [0.3, 0.4) is 0 Å². The summed E-state index contributed by atoms with van der Waals surface area (Å²) in [6, 6.07) is 0. The van der Waals surface area contributed by atoms with Crippen LogP contribution >= 0.6 is 0 Å². The van der Waals surface area contributed by atoms with Gasteiger partial charge in [0.05, 0.1) is 6.54 Å². The van der Waals surface area contributed by atoms with E-state index in [1.807, 2.05) is 6.92 Å². The molecule has 0 aliphatic heterocycles. The van der Waals surface area contributed by atoms with Crippen molar-refractivity contribution in [2.45, 2.75) is 46.7 Å². The molecule has 0 saturated heterocycles. The summed E-state index contributed by atoms with van der Waals surface area (Å²) in [5.41, 5.74) is 0.262. The van der Waals surface area contributed by atoms with Gasteiger partial charge in [-0.2, -0.15) is 13.2 Å². The highest BCUT2D eigenvalue weighted by molar-refractivity contribution is 4.66. The molecule has 0 fully saturated rings. The normalized spacial score (nSPS) is 15.4. The molecular formula is C11H22F3N. The van der Waals surface area contributed by atoms with E-state index < -0.39 is 12.7 Å². The maximum absolute atomic E-state index is 11.8. The molecular weight excluding hydrogens is 203 g/mol. The van der Waals surface area contributed by atoms with Crippen LogP contribution in [0.25, 0.3) is 0 Å². The molecule has 1 unspecified atom stereocenters. The average molecular weight is 225 g/mol. The van der Waals surface area contributed by atoms with E-state index in [0.29, 0.717) is 12.5 Å². The number of hydrogen-bond donors (Lipinski definition) is 1. The second kappa shape index (κ2) is 5.73. The monoisotopic (exact) mass is 225 g/mol. The van der Waals surface area contributed by atoms with Crippen molar-refractivity contribution in [1.82, 2.24) is 5.32 Å². The van der Waals surface area contributed by atoms with Gasteiger partial charge in [-0.25, -0.2) is 0 Å². The van der Waals surface area contributed by atoms with E-state index in [4.69, 9.17) is 0 Å². The van der Waals surface area contributed by atoms with Gasteiger partial charge in [0.15, 0.2) is 0 Å². The summed E-state index contributed by atoms with van der Waals surface area (Å²) in [4.78, 5) is 0. The van der Waals surface area contributed by atoms with Crippen molar-refractivity contribution < 1.29 is 13.2 Å². The van der Waals surface area contributed by atoms with Crippen molar-refractivity contribution in [3.63, 3.8) is 0 Å². The van der Waals surface area contributed by atoms with Gasteiger partial charge < -0.3 is 5.32 Å². The zero-order valence-electron chi connectivity index (χ0n) is 10.0. The largest absolute Gasteiger partial charge is 0.401 e. The van der Waals surface area contributed by atoms with Gasteiger partial charge in [-0.05, 0) is 30.7 Å². The Bertz CT molecular complexity index is 170. The van der Waals surface area contributed by atoms with Crippen molar-refractivity contribution >= 4 is 0 Å². The maximum Gasteiger partial charge on any atom is 0.401 e. The highest BCUT2D eigenvalue weighted by Crippen LogP contribution is 2.23. The Morgan fingerprint density at radius 1 is 1.13 bits per heavy atom. The molecule has 0 aromatic heterocycles. The van der Waals surface area contributed by atoms with Gasteiger partial charge in [0.25, 0.3) is 0 Å². The third-order valence-corrected chi connectivity index (χ3v) is 2.21. The number of nitrogens with one attached hydrogen (secondary N) is 1. The Kier molecular flexibility index (Phi) is 5.63. The molecule has 0 bridgehead atoms. The fourth-order valence-corrected chi connectivity index (χ4v) is 1.24. The Morgan fingerprint density at radius 3 is 2.07 bits per heavy atom. The number of hydrogen-bond acceptors (Lipinski definition) is 1. The molecule has 0 amide bonds. The fourth-order valence-electron chi connectivity index (χ4n) is 1.24. The molecule has 0 aliphatic rings. The predicted molar refractivity (Wildman–Crippen MR) is 56.8 cm³/mol. The summed E-state index contributed by atoms with van der Waals surface area (Å²) < 4.78 is 35.5. The summed E-state index contributed by atoms with van der Waals surface area (Å²) in [6.07, 6.45) is -2.08. The lowest BCUT2D eigenvalue weighted by molar-refractivity contribution is -0.125. The Labute approximate surface area is 90.4 Å². The zero-order chi connectivity index (χ0) is 12.1. The average Bonchev–Trinajstić information content (AvgIpc) is 1.97. The lowest BCUT2D eigenvalue weighted by Gasteiger charge is -2.21. The first-order valence-corrected chi connectivity index (χ1v) is 5.38. The third kappa shape index (κ3) is 11.7. The Hall–Kier alpha value is -0.250. The van der Waals surface area contributed by atoms with Crippen LogP contribution in [0, 0.1) is 11.3 Å². The number of alkyl halides is 3. The van der Waals surface area contributed by atoms with E-state index in [0.717, 1.165) is 12.8 Å². The van der Waals surface area contributed by atoms with Crippen LogP contribution in [0.1, 0.15) is 40.5 Å². The molecule has 15 heavy (non-hydrogen) atoms. The van der Waals surface area contributed by atoms with E-state index in [1.165, 1.54) is 0 Å². The summed E-state index contributed by atoms with van der Waals surface area (Å²) in [5, 5.41) is 2.44. The van der Waals surface area contributed by atoms with Crippen LogP contribution in [0.5, 0.6) is 0 Å². The van der Waals surface area contributed by atoms with Gasteiger partial charge in [-0.15, -0.1) is 0 Å². The maximum atomic E-state index is 11.8. The van der Waals surface area contributed by atoms with Gasteiger partial charge in [0.1, 0.15) is 0 Å². The molecule has 0 aromatic rings. The topological polar surface area (TPSA) is 12.0 Å². The van der Waals surface area contributed by atoms with Gasteiger partial charge in [-0.1, -0.05) is 27.7 Å². The van der Waals surface area contributed by atoms with Gasteiger partial charge in [-0.3, -0.25) is 0 Å². The van der Waals surface area contributed by atoms with Crippen LogP contribution in [-0.4, -0.2) is 19.3 Å². The first kappa shape index (κ1) is 14.8. The standard InChI is InChI=1S/C11H22F3N/c1-9(5-6-10(2,3)4)7-15-8-11(12,13)14/h9,15H,5-8H2,1-4H3. The van der Waals surface area contributed by atoms with Crippen LogP contribution in [0.2, 0.25) is 0 Å². The highest BCUT2D eigenvalue weighted by atomic mass is 19.4. The van der Waals surface area contributed by atoms with Gasteiger partial charge in [0.2, 0.25) is 0 Å². The predicted octanol–water partition coefficient (Wildman–Crippen LogP) is 3.60. The molecule has 0 rings (SSSR count). The first-order chi connectivity index (χ1) is 6.60. The van der Waals surface area contributed by atoms with Crippen LogP contribution in [-0.2, 0) is 0 Å². The van der Waals surface area contributed by atoms with Crippen molar-refractivity contribution in [3.8, 4) is 0 Å². The van der Waals surface area contributed by atoms with Crippen LogP contribution < -0.4 is 5.32 Å². The van der Waals surface area contributed by atoms with E-state index >= 15 is 0 Å². The number of halogens is 3. The minimum absolute atomic E-state index is 0.262. The Morgan fingerprint density at radius 2 is 1.67 bits per heavy atom. The fraction of sp³-hybridized carbons (Fsp3) is 1.00. The van der Waals surface area contributed by atoms with E-state index in [-0.39, 0.29) is 5.41 Å². The molecule has 0 saturated carbocycles. The SMILES string of the molecule is CC(CCC(C)(C)C)CNCC(F)(F)F. The molecule has 1 atom stereocenters. The molecule has 1 nitrogen and oxygen atoms in total. The minimum Gasteiger partial charge on any atom is -0.308 e. The Balaban J connectivity index is 3.54. The van der Waals surface area contributed by atoms with E-state index in [2.05, 4.69) is 26.1 Å². The van der Waals surface area contributed by atoms with Crippen molar-refractivity contribution in [2.24, 2.45) is 11.3 Å².